The van der Waals surface area contributed by atoms with Gasteiger partial charge in [0.05, 0.1) is 5.69 Å². The summed E-state index contributed by atoms with van der Waals surface area (Å²) in [6, 6.07) is 15.0. The molecular formula is C17H12F3N3O. The minimum absolute atomic E-state index is 0.509. The zero-order chi connectivity index (χ0) is 17.2. The van der Waals surface area contributed by atoms with Gasteiger partial charge in [-0.3, -0.25) is 4.79 Å². The van der Waals surface area contributed by atoms with Crippen molar-refractivity contribution >= 4 is 12.1 Å². The first kappa shape index (κ1) is 15.8. The predicted molar refractivity (Wildman–Crippen MR) is 83.7 cm³/mol. The number of aromatic nitrogens is 2. The monoisotopic (exact) mass is 331 g/mol. The van der Waals surface area contributed by atoms with E-state index in [1.807, 2.05) is 12.1 Å². The van der Waals surface area contributed by atoms with Crippen LogP contribution in [0.25, 0.3) is 16.8 Å². The number of anilines is 1. The number of amides is 1. The van der Waals surface area contributed by atoms with Crippen molar-refractivity contribution in [1.82, 2.24) is 9.78 Å². The maximum Gasteiger partial charge on any atom is 0.435 e. The summed E-state index contributed by atoms with van der Waals surface area (Å²) in [4.78, 5) is 10.7. The van der Waals surface area contributed by atoms with Crippen LogP contribution >= 0.6 is 0 Å². The van der Waals surface area contributed by atoms with Gasteiger partial charge in [-0.2, -0.15) is 18.3 Å². The molecule has 0 radical (unpaired) electrons. The lowest BCUT2D eigenvalue weighted by Crippen LogP contribution is -2.07. The molecule has 0 aliphatic rings. The smallest absolute Gasteiger partial charge is 0.328 e. The van der Waals surface area contributed by atoms with Gasteiger partial charge >= 0.3 is 6.18 Å². The third-order valence-corrected chi connectivity index (χ3v) is 3.46. The van der Waals surface area contributed by atoms with E-state index < -0.39 is 11.9 Å². The predicted octanol–water partition coefficient (Wildman–Crippen LogP) is 4.13. The number of hydrogen-bond acceptors (Lipinski definition) is 2. The molecule has 1 amide bonds. The van der Waals surface area contributed by atoms with E-state index in [-0.39, 0.29) is 0 Å². The van der Waals surface area contributed by atoms with Crippen molar-refractivity contribution in [2.75, 3.05) is 5.32 Å². The molecule has 0 bridgehead atoms. The van der Waals surface area contributed by atoms with Crippen LogP contribution in [-0.2, 0) is 11.0 Å². The third kappa shape index (κ3) is 3.15. The van der Waals surface area contributed by atoms with E-state index >= 15 is 0 Å². The molecule has 3 aromatic rings. The van der Waals surface area contributed by atoms with Crippen LogP contribution in [0.2, 0.25) is 0 Å². The Morgan fingerprint density at radius 3 is 2.33 bits per heavy atom. The average molecular weight is 331 g/mol. The summed E-state index contributed by atoms with van der Waals surface area (Å²) in [6.07, 6.45) is -2.61. The van der Waals surface area contributed by atoms with E-state index in [0.717, 1.165) is 17.2 Å². The topological polar surface area (TPSA) is 46.9 Å². The molecule has 0 aliphatic carbocycles. The molecule has 0 saturated heterocycles. The SMILES string of the molecule is O=CNc1ccccc1-c1ccc(-n2ccc(C(F)(F)F)n2)cc1. The van der Waals surface area contributed by atoms with Crippen molar-refractivity contribution in [2.24, 2.45) is 0 Å². The number of hydrogen-bond donors (Lipinski definition) is 1. The van der Waals surface area contributed by atoms with Crippen LogP contribution in [0.15, 0.2) is 60.8 Å². The van der Waals surface area contributed by atoms with Crippen LogP contribution in [0, 0.1) is 0 Å². The summed E-state index contributed by atoms with van der Waals surface area (Å²) < 4.78 is 39.0. The molecule has 0 fully saturated rings. The number of rotatable bonds is 4. The molecule has 0 atom stereocenters. The largest absolute Gasteiger partial charge is 0.435 e. The van der Waals surface area contributed by atoms with Gasteiger partial charge in [-0.05, 0) is 29.8 Å². The highest BCUT2D eigenvalue weighted by Gasteiger charge is 2.33. The third-order valence-electron chi connectivity index (χ3n) is 3.46. The molecule has 24 heavy (non-hydrogen) atoms. The highest BCUT2D eigenvalue weighted by atomic mass is 19.4. The van der Waals surface area contributed by atoms with Crippen LogP contribution in [0.5, 0.6) is 0 Å². The Hall–Kier alpha value is -3.09. The first-order valence-corrected chi connectivity index (χ1v) is 7.02. The number of benzene rings is 2. The summed E-state index contributed by atoms with van der Waals surface area (Å²) in [5.41, 5.74) is 1.86. The number of alkyl halides is 3. The Kier molecular flexibility index (Phi) is 4.07. The summed E-state index contributed by atoms with van der Waals surface area (Å²) in [6.45, 7) is 0. The Morgan fingerprint density at radius 1 is 1.00 bits per heavy atom. The van der Waals surface area contributed by atoms with E-state index in [1.165, 1.54) is 10.9 Å². The minimum atomic E-state index is -4.47. The maximum atomic E-state index is 12.6. The molecule has 4 nitrogen and oxygen atoms in total. The Balaban J connectivity index is 1.91. The fraction of sp³-hybridized carbons (Fsp3) is 0.0588. The number of nitrogens with one attached hydrogen (secondary N) is 1. The first-order valence-electron chi connectivity index (χ1n) is 7.02. The van der Waals surface area contributed by atoms with Gasteiger partial charge in [0.2, 0.25) is 6.41 Å². The molecule has 0 spiro atoms. The average Bonchev–Trinajstić information content (AvgIpc) is 3.06. The van der Waals surface area contributed by atoms with Gasteiger partial charge in [-0.25, -0.2) is 4.68 Å². The van der Waals surface area contributed by atoms with Crippen LogP contribution in [-0.4, -0.2) is 16.2 Å². The second kappa shape index (κ2) is 6.19. The number of halogens is 3. The van der Waals surface area contributed by atoms with Crippen molar-refractivity contribution in [3.63, 3.8) is 0 Å². The summed E-state index contributed by atoms with van der Waals surface area (Å²) in [7, 11) is 0. The molecule has 122 valence electrons. The second-order valence-corrected chi connectivity index (χ2v) is 5.00. The lowest BCUT2D eigenvalue weighted by Gasteiger charge is -2.09. The Morgan fingerprint density at radius 2 is 1.71 bits per heavy atom. The molecule has 7 heteroatoms. The van der Waals surface area contributed by atoms with E-state index in [9.17, 15) is 18.0 Å². The Labute approximate surface area is 135 Å². The van der Waals surface area contributed by atoms with Crippen LogP contribution in [0.3, 0.4) is 0 Å². The number of nitrogens with zero attached hydrogens (tertiary/aromatic N) is 2. The lowest BCUT2D eigenvalue weighted by atomic mass is 10.0. The zero-order valence-electron chi connectivity index (χ0n) is 12.3. The highest BCUT2D eigenvalue weighted by Crippen LogP contribution is 2.30. The number of carbonyl (C=O) groups excluding carboxylic acids is 1. The molecule has 0 aliphatic heterocycles. The highest BCUT2D eigenvalue weighted by molar-refractivity contribution is 5.85. The van der Waals surface area contributed by atoms with Crippen molar-refractivity contribution < 1.29 is 18.0 Å². The van der Waals surface area contributed by atoms with Gasteiger partial charge in [0.1, 0.15) is 0 Å². The standard InChI is InChI=1S/C17H12F3N3O/c18-17(19,20)16-9-10-23(22-16)13-7-5-12(6-8-13)14-3-1-2-4-15(14)21-11-24/h1-11H,(H,21,24). The van der Waals surface area contributed by atoms with Gasteiger partial charge in [-0.15, -0.1) is 0 Å². The van der Waals surface area contributed by atoms with Crippen molar-refractivity contribution in [3.8, 4) is 16.8 Å². The number of carbonyl (C=O) groups is 1. The van der Waals surface area contributed by atoms with E-state index in [2.05, 4.69) is 10.4 Å². The van der Waals surface area contributed by atoms with Crippen LogP contribution in [0.1, 0.15) is 5.69 Å². The zero-order valence-corrected chi connectivity index (χ0v) is 12.3. The fourth-order valence-corrected chi connectivity index (χ4v) is 2.34. The lowest BCUT2D eigenvalue weighted by molar-refractivity contribution is -0.141. The molecule has 1 aromatic heterocycles. The molecule has 1 heterocycles. The quantitative estimate of drug-likeness (QED) is 0.731. The van der Waals surface area contributed by atoms with Crippen molar-refractivity contribution in [3.05, 3.63) is 66.5 Å². The van der Waals surface area contributed by atoms with Crippen molar-refractivity contribution in [2.45, 2.75) is 6.18 Å². The van der Waals surface area contributed by atoms with Gasteiger partial charge in [0, 0.05) is 17.4 Å². The molecule has 1 N–H and O–H groups in total. The van der Waals surface area contributed by atoms with Gasteiger partial charge in [0.15, 0.2) is 5.69 Å². The van der Waals surface area contributed by atoms with E-state index in [0.29, 0.717) is 17.8 Å². The maximum absolute atomic E-state index is 12.6. The molecule has 0 unspecified atom stereocenters. The number of para-hydroxylation sites is 1. The molecule has 3 rings (SSSR count). The summed E-state index contributed by atoms with van der Waals surface area (Å²) in [5, 5.41) is 6.15. The van der Waals surface area contributed by atoms with Gasteiger partial charge in [-0.1, -0.05) is 30.3 Å². The fourth-order valence-electron chi connectivity index (χ4n) is 2.34. The Bertz CT molecular complexity index is 854. The summed E-state index contributed by atoms with van der Waals surface area (Å²) >= 11 is 0. The van der Waals surface area contributed by atoms with Gasteiger partial charge in [0.25, 0.3) is 0 Å². The molecule has 2 aromatic carbocycles. The minimum Gasteiger partial charge on any atom is -0.328 e. The molecule has 0 saturated carbocycles. The van der Waals surface area contributed by atoms with Crippen LogP contribution < -0.4 is 5.32 Å². The summed E-state index contributed by atoms with van der Waals surface area (Å²) in [5.74, 6) is 0. The normalized spacial score (nSPS) is 11.3. The van der Waals surface area contributed by atoms with Crippen molar-refractivity contribution in [1.29, 1.82) is 0 Å². The first-order chi connectivity index (χ1) is 11.5. The van der Waals surface area contributed by atoms with E-state index in [1.54, 1.807) is 36.4 Å². The van der Waals surface area contributed by atoms with Gasteiger partial charge < -0.3 is 5.32 Å². The molecular weight excluding hydrogens is 319 g/mol. The van der Waals surface area contributed by atoms with E-state index in [4.69, 9.17) is 0 Å². The second-order valence-electron chi connectivity index (χ2n) is 5.00. The van der Waals surface area contributed by atoms with Crippen LogP contribution in [0.4, 0.5) is 18.9 Å².